The number of ether oxygens (including phenoxy) is 1. The second-order valence-corrected chi connectivity index (χ2v) is 7.14. The Labute approximate surface area is 175 Å². The molecule has 0 bridgehead atoms. The number of nitrogens with zero attached hydrogens (tertiary/aromatic N) is 1. The van der Waals surface area contributed by atoms with E-state index in [2.05, 4.69) is 17.2 Å². The molecule has 1 heterocycles. The van der Waals surface area contributed by atoms with Gasteiger partial charge in [-0.3, -0.25) is 4.79 Å². The molecule has 0 radical (unpaired) electrons. The lowest BCUT2D eigenvalue weighted by atomic mass is 10.1. The van der Waals surface area contributed by atoms with E-state index in [1.54, 1.807) is 0 Å². The molecule has 5 nitrogen and oxygen atoms in total. The van der Waals surface area contributed by atoms with Gasteiger partial charge >= 0.3 is 0 Å². The first-order valence-electron chi connectivity index (χ1n) is 10.2. The molecule has 0 fully saturated rings. The molecule has 0 aliphatic rings. The second-order valence-electron chi connectivity index (χ2n) is 7.14. The molecular formula is C25H24N2O3. The summed E-state index contributed by atoms with van der Waals surface area (Å²) in [6.45, 7) is 2.85. The van der Waals surface area contributed by atoms with E-state index in [9.17, 15) is 4.79 Å². The molecule has 4 rings (SSSR count). The number of fused-ring (bicyclic) bond motifs is 1. The number of anilines is 1. The van der Waals surface area contributed by atoms with Crippen molar-refractivity contribution in [3.63, 3.8) is 0 Å². The fourth-order valence-electron chi connectivity index (χ4n) is 3.15. The highest BCUT2D eigenvalue weighted by Crippen LogP contribution is 2.26. The lowest BCUT2D eigenvalue weighted by molar-refractivity contribution is -0.115. The summed E-state index contributed by atoms with van der Waals surface area (Å²) in [7, 11) is 0. The number of unbranched alkanes of at least 4 members (excludes halogenated alkanes) is 1. The zero-order chi connectivity index (χ0) is 20.8. The molecule has 5 heteroatoms. The predicted octanol–water partition coefficient (Wildman–Crippen LogP) is 5.85. The minimum absolute atomic E-state index is 0.0793. The standard InChI is InChI=1S/C25H24N2O3/c1-2-3-15-29-21-13-11-18(12-14-21)16-24(28)26-20-8-6-7-19(17-20)25-27-22-9-4-5-10-23(22)30-25/h4-14,17H,2-3,15-16H2,1H3,(H,26,28). The van der Waals surface area contributed by atoms with Crippen LogP contribution in [0.25, 0.3) is 22.6 Å². The van der Waals surface area contributed by atoms with Crippen molar-refractivity contribution in [2.24, 2.45) is 0 Å². The molecule has 4 aromatic rings. The van der Waals surface area contributed by atoms with Crippen LogP contribution in [-0.2, 0) is 11.2 Å². The van der Waals surface area contributed by atoms with E-state index >= 15 is 0 Å². The van der Waals surface area contributed by atoms with Crippen molar-refractivity contribution < 1.29 is 13.9 Å². The van der Waals surface area contributed by atoms with Crippen LogP contribution in [0.2, 0.25) is 0 Å². The van der Waals surface area contributed by atoms with Gasteiger partial charge in [0.15, 0.2) is 5.58 Å². The number of nitrogens with one attached hydrogen (secondary N) is 1. The van der Waals surface area contributed by atoms with Crippen molar-refractivity contribution in [2.45, 2.75) is 26.2 Å². The maximum Gasteiger partial charge on any atom is 0.228 e. The van der Waals surface area contributed by atoms with Gasteiger partial charge in [-0.2, -0.15) is 0 Å². The zero-order valence-electron chi connectivity index (χ0n) is 16.9. The van der Waals surface area contributed by atoms with Crippen molar-refractivity contribution in [1.29, 1.82) is 0 Å². The van der Waals surface area contributed by atoms with E-state index in [1.165, 1.54) is 0 Å². The summed E-state index contributed by atoms with van der Waals surface area (Å²) in [5.41, 5.74) is 4.01. The van der Waals surface area contributed by atoms with E-state index in [0.29, 0.717) is 24.6 Å². The van der Waals surface area contributed by atoms with E-state index < -0.39 is 0 Å². The maximum absolute atomic E-state index is 12.5. The topological polar surface area (TPSA) is 64.4 Å². The summed E-state index contributed by atoms with van der Waals surface area (Å²) in [6, 6.07) is 22.8. The summed E-state index contributed by atoms with van der Waals surface area (Å²) < 4.78 is 11.5. The van der Waals surface area contributed by atoms with Crippen molar-refractivity contribution in [2.75, 3.05) is 11.9 Å². The molecule has 0 aliphatic carbocycles. The van der Waals surface area contributed by atoms with Crippen LogP contribution in [0, 0.1) is 0 Å². The minimum Gasteiger partial charge on any atom is -0.494 e. The van der Waals surface area contributed by atoms with Crippen molar-refractivity contribution >= 4 is 22.7 Å². The van der Waals surface area contributed by atoms with Crippen LogP contribution in [0.3, 0.4) is 0 Å². The van der Waals surface area contributed by atoms with Crippen LogP contribution in [0.15, 0.2) is 77.2 Å². The van der Waals surface area contributed by atoms with Crippen LogP contribution < -0.4 is 10.1 Å². The molecule has 1 amide bonds. The highest BCUT2D eigenvalue weighted by atomic mass is 16.5. The molecule has 0 spiro atoms. The predicted molar refractivity (Wildman–Crippen MR) is 119 cm³/mol. The van der Waals surface area contributed by atoms with Crippen LogP contribution >= 0.6 is 0 Å². The Bertz CT molecular complexity index is 1100. The van der Waals surface area contributed by atoms with Crippen molar-refractivity contribution in [3.8, 4) is 17.2 Å². The number of oxazole rings is 1. The largest absolute Gasteiger partial charge is 0.494 e. The quantitative estimate of drug-likeness (QED) is 0.377. The molecule has 152 valence electrons. The second kappa shape index (κ2) is 9.27. The summed E-state index contributed by atoms with van der Waals surface area (Å²) >= 11 is 0. The number of hydrogen-bond donors (Lipinski definition) is 1. The Morgan fingerprint density at radius 2 is 1.87 bits per heavy atom. The number of carbonyl (C=O) groups is 1. The van der Waals surface area contributed by atoms with Gasteiger partial charge in [-0.05, 0) is 54.4 Å². The average Bonchev–Trinajstić information content (AvgIpc) is 3.20. The van der Waals surface area contributed by atoms with E-state index in [4.69, 9.17) is 9.15 Å². The first kappa shape index (κ1) is 19.7. The van der Waals surface area contributed by atoms with Crippen LogP contribution in [0.1, 0.15) is 25.3 Å². The van der Waals surface area contributed by atoms with Gasteiger partial charge in [0.2, 0.25) is 11.8 Å². The molecule has 30 heavy (non-hydrogen) atoms. The molecule has 0 saturated heterocycles. The third kappa shape index (κ3) is 4.87. The van der Waals surface area contributed by atoms with Crippen LogP contribution in [0.4, 0.5) is 5.69 Å². The van der Waals surface area contributed by atoms with E-state index in [1.807, 2.05) is 72.8 Å². The fraction of sp³-hybridized carbons (Fsp3) is 0.200. The van der Waals surface area contributed by atoms with Gasteiger partial charge in [0.05, 0.1) is 13.0 Å². The molecule has 0 unspecified atom stereocenters. The normalized spacial score (nSPS) is 10.8. The fourth-order valence-corrected chi connectivity index (χ4v) is 3.15. The van der Waals surface area contributed by atoms with Gasteiger partial charge in [0.25, 0.3) is 0 Å². The summed E-state index contributed by atoms with van der Waals surface area (Å²) in [5, 5.41) is 2.95. The zero-order valence-corrected chi connectivity index (χ0v) is 16.9. The number of rotatable bonds is 8. The third-order valence-corrected chi connectivity index (χ3v) is 4.74. The Morgan fingerprint density at radius 3 is 2.67 bits per heavy atom. The number of aromatic nitrogens is 1. The maximum atomic E-state index is 12.5. The lowest BCUT2D eigenvalue weighted by Crippen LogP contribution is -2.14. The highest BCUT2D eigenvalue weighted by molar-refractivity contribution is 5.93. The first-order valence-corrected chi connectivity index (χ1v) is 10.2. The molecule has 0 atom stereocenters. The SMILES string of the molecule is CCCCOc1ccc(CC(=O)Nc2cccc(-c3nc4ccccc4o3)c2)cc1. The Balaban J connectivity index is 1.39. The minimum atomic E-state index is -0.0793. The molecule has 1 N–H and O–H groups in total. The van der Waals surface area contributed by atoms with Gasteiger partial charge < -0.3 is 14.5 Å². The Morgan fingerprint density at radius 1 is 1.03 bits per heavy atom. The smallest absolute Gasteiger partial charge is 0.228 e. The van der Waals surface area contributed by atoms with Gasteiger partial charge in [0, 0.05) is 11.3 Å². The van der Waals surface area contributed by atoms with Crippen molar-refractivity contribution in [1.82, 2.24) is 4.98 Å². The number of para-hydroxylation sites is 2. The lowest BCUT2D eigenvalue weighted by Gasteiger charge is -2.08. The summed E-state index contributed by atoms with van der Waals surface area (Å²) in [6.07, 6.45) is 2.43. The monoisotopic (exact) mass is 400 g/mol. The molecule has 3 aromatic carbocycles. The third-order valence-electron chi connectivity index (χ3n) is 4.74. The molecular weight excluding hydrogens is 376 g/mol. The number of hydrogen-bond acceptors (Lipinski definition) is 4. The van der Waals surface area contributed by atoms with Gasteiger partial charge in [-0.25, -0.2) is 4.98 Å². The van der Waals surface area contributed by atoms with Gasteiger partial charge in [-0.1, -0.05) is 43.7 Å². The summed E-state index contributed by atoms with van der Waals surface area (Å²) in [4.78, 5) is 17.0. The van der Waals surface area contributed by atoms with E-state index in [-0.39, 0.29) is 5.91 Å². The Kier molecular flexibility index (Phi) is 6.09. The van der Waals surface area contributed by atoms with Gasteiger partial charge in [-0.15, -0.1) is 0 Å². The molecule has 0 aliphatic heterocycles. The number of amides is 1. The number of benzene rings is 3. The van der Waals surface area contributed by atoms with Crippen LogP contribution in [0.5, 0.6) is 5.75 Å². The molecule has 1 aromatic heterocycles. The number of carbonyl (C=O) groups excluding carboxylic acids is 1. The van der Waals surface area contributed by atoms with Gasteiger partial charge in [0.1, 0.15) is 11.3 Å². The van der Waals surface area contributed by atoms with Crippen molar-refractivity contribution in [3.05, 3.63) is 78.4 Å². The van der Waals surface area contributed by atoms with Crippen LogP contribution in [-0.4, -0.2) is 17.5 Å². The molecule has 0 saturated carbocycles. The average molecular weight is 400 g/mol. The summed E-state index contributed by atoms with van der Waals surface area (Å²) in [5.74, 6) is 1.29. The highest BCUT2D eigenvalue weighted by Gasteiger charge is 2.10. The van der Waals surface area contributed by atoms with E-state index in [0.717, 1.165) is 40.8 Å². The Hall–Kier alpha value is -3.60. The first-order chi connectivity index (χ1) is 14.7.